The number of hydrogen-bond acceptors (Lipinski definition) is 3. The average molecular weight is 321 g/mol. The van der Waals surface area contributed by atoms with Crippen LogP contribution in [0.25, 0.3) is 11.5 Å². The molecule has 0 bridgehead atoms. The van der Waals surface area contributed by atoms with E-state index >= 15 is 0 Å². The summed E-state index contributed by atoms with van der Waals surface area (Å²) < 4.78 is 5.54. The Bertz CT molecular complexity index is 863. The van der Waals surface area contributed by atoms with Crippen molar-refractivity contribution in [1.29, 1.82) is 0 Å². The highest BCUT2D eigenvalue weighted by Crippen LogP contribution is 2.42. The fraction of sp³-hybridized carbons (Fsp3) is 0.263. The number of aryl methyl sites for hydroxylation is 1. The Morgan fingerprint density at radius 2 is 2.04 bits per heavy atom. The van der Waals surface area contributed by atoms with Gasteiger partial charge in [-0.15, -0.1) is 0 Å². The van der Waals surface area contributed by atoms with Gasteiger partial charge in [0.25, 0.3) is 5.91 Å². The number of aromatic amines is 1. The van der Waals surface area contributed by atoms with Gasteiger partial charge in [0, 0.05) is 12.1 Å². The molecule has 24 heavy (non-hydrogen) atoms. The molecule has 1 aliphatic heterocycles. The number of hydrogen-bond donors (Lipinski definition) is 1. The van der Waals surface area contributed by atoms with Crippen molar-refractivity contribution in [2.24, 2.45) is 0 Å². The van der Waals surface area contributed by atoms with Crippen LogP contribution in [0.1, 0.15) is 46.6 Å². The second-order valence-corrected chi connectivity index (χ2v) is 6.15. The van der Waals surface area contributed by atoms with Gasteiger partial charge in [0.2, 0.25) is 0 Å². The van der Waals surface area contributed by atoms with Crippen LogP contribution in [0.5, 0.6) is 0 Å². The maximum atomic E-state index is 12.8. The Hall–Kier alpha value is -2.82. The third kappa shape index (κ3) is 2.16. The fourth-order valence-electron chi connectivity index (χ4n) is 3.36. The molecule has 1 N–H and O–H groups in total. The largest absolute Gasteiger partial charge is 0.463 e. The summed E-state index contributed by atoms with van der Waals surface area (Å²) in [5.74, 6) is 0.679. The summed E-state index contributed by atoms with van der Waals surface area (Å²) in [6.07, 6.45) is 2.53. The molecule has 1 aromatic carbocycles. The van der Waals surface area contributed by atoms with Crippen molar-refractivity contribution in [1.82, 2.24) is 15.1 Å². The molecule has 1 amide bonds. The summed E-state index contributed by atoms with van der Waals surface area (Å²) in [7, 11) is 0. The van der Waals surface area contributed by atoms with Gasteiger partial charge in [0.1, 0.15) is 5.69 Å². The molecule has 0 fully saturated rings. The molecule has 0 aliphatic carbocycles. The van der Waals surface area contributed by atoms with Gasteiger partial charge in [-0.1, -0.05) is 36.8 Å². The molecule has 122 valence electrons. The van der Waals surface area contributed by atoms with Gasteiger partial charge in [-0.25, -0.2) is 0 Å². The SMILES string of the molecule is CCCN1C(=O)c2n[nH]c(-c3ccco3)c2[C@H]1c1ccc(C)cc1. The zero-order chi connectivity index (χ0) is 16.7. The quantitative estimate of drug-likeness (QED) is 0.792. The summed E-state index contributed by atoms with van der Waals surface area (Å²) in [5.41, 5.74) is 4.49. The first-order valence-corrected chi connectivity index (χ1v) is 8.20. The highest BCUT2D eigenvalue weighted by atomic mass is 16.3. The minimum atomic E-state index is -0.133. The molecule has 4 rings (SSSR count). The number of nitrogens with one attached hydrogen (secondary N) is 1. The number of rotatable bonds is 4. The van der Waals surface area contributed by atoms with E-state index in [1.165, 1.54) is 5.56 Å². The first-order chi connectivity index (χ1) is 11.7. The number of fused-ring (bicyclic) bond motifs is 1. The third-order valence-electron chi connectivity index (χ3n) is 4.48. The summed E-state index contributed by atoms with van der Waals surface area (Å²) in [6.45, 7) is 4.84. The second kappa shape index (κ2) is 5.67. The number of carbonyl (C=O) groups excluding carboxylic acids is 1. The number of benzene rings is 1. The molecule has 1 aliphatic rings. The fourth-order valence-corrected chi connectivity index (χ4v) is 3.36. The Morgan fingerprint density at radius 1 is 1.25 bits per heavy atom. The molecule has 3 aromatic rings. The number of furan rings is 1. The van der Waals surface area contributed by atoms with Gasteiger partial charge >= 0.3 is 0 Å². The zero-order valence-corrected chi connectivity index (χ0v) is 13.7. The molecule has 5 nitrogen and oxygen atoms in total. The van der Waals surface area contributed by atoms with E-state index in [1.54, 1.807) is 6.26 Å². The maximum absolute atomic E-state index is 12.8. The van der Waals surface area contributed by atoms with Gasteiger partial charge < -0.3 is 9.32 Å². The molecule has 0 saturated carbocycles. The van der Waals surface area contributed by atoms with E-state index in [4.69, 9.17) is 4.42 Å². The molecule has 2 aromatic heterocycles. The second-order valence-electron chi connectivity index (χ2n) is 6.15. The maximum Gasteiger partial charge on any atom is 0.275 e. The highest BCUT2D eigenvalue weighted by Gasteiger charge is 2.42. The number of amides is 1. The lowest BCUT2D eigenvalue weighted by Gasteiger charge is -2.26. The van der Waals surface area contributed by atoms with Crippen LogP contribution in [0.3, 0.4) is 0 Å². The summed E-state index contributed by atoms with van der Waals surface area (Å²) in [4.78, 5) is 14.7. The Morgan fingerprint density at radius 3 is 2.71 bits per heavy atom. The lowest BCUT2D eigenvalue weighted by molar-refractivity contribution is 0.0744. The Kier molecular flexibility index (Phi) is 3.49. The molecule has 0 unspecified atom stereocenters. The smallest absolute Gasteiger partial charge is 0.275 e. The number of nitrogens with zero attached hydrogens (tertiary/aromatic N) is 2. The van der Waals surface area contributed by atoms with Crippen LogP contribution in [0.2, 0.25) is 0 Å². The van der Waals surface area contributed by atoms with Crippen molar-refractivity contribution in [3.05, 3.63) is 65.0 Å². The lowest BCUT2D eigenvalue weighted by Crippen LogP contribution is -2.30. The lowest BCUT2D eigenvalue weighted by atomic mass is 9.97. The van der Waals surface area contributed by atoms with E-state index in [9.17, 15) is 4.79 Å². The predicted octanol–water partition coefficient (Wildman–Crippen LogP) is 3.93. The van der Waals surface area contributed by atoms with Gasteiger partial charge in [-0.2, -0.15) is 5.10 Å². The number of H-pyrrole nitrogens is 1. The van der Waals surface area contributed by atoms with E-state index in [0.717, 1.165) is 23.2 Å². The normalized spacial score (nSPS) is 16.7. The van der Waals surface area contributed by atoms with E-state index in [-0.39, 0.29) is 11.9 Å². The average Bonchev–Trinajstić information content (AvgIpc) is 3.28. The Labute approximate surface area is 140 Å². The summed E-state index contributed by atoms with van der Waals surface area (Å²) in [6, 6.07) is 11.9. The van der Waals surface area contributed by atoms with E-state index < -0.39 is 0 Å². The monoisotopic (exact) mass is 321 g/mol. The molecular weight excluding hydrogens is 302 g/mol. The first-order valence-electron chi connectivity index (χ1n) is 8.20. The van der Waals surface area contributed by atoms with Crippen LogP contribution in [0, 0.1) is 6.92 Å². The number of aromatic nitrogens is 2. The number of carbonyl (C=O) groups is 1. The van der Waals surface area contributed by atoms with Crippen molar-refractivity contribution >= 4 is 5.91 Å². The van der Waals surface area contributed by atoms with Crippen molar-refractivity contribution in [2.45, 2.75) is 26.3 Å². The summed E-state index contributed by atoms with van der Waals surface area (Å²) in [5, 5.41) is 7.27. The van der Waals surface area contributed by atoms with Crippen LogP contribution in [-0.4, -0.2) is 27.5 Å². The molecule has 3 heterocycles. The minimum absolute atomic E-state index is 0.0218. The van der Waals surface area contributed by atoms with Gasteiger partial charge in [0.15, 0.2) is 11.5 Å². The molecule has 5 heteroatoms. The Balaban J connectivity index is 1.89. The molecule has 0 spiro atoms. The van der Waals surface area contributed by atoms with E-state index in [1.807, 2.05) is 17.0 Å². The van der Waals surface area contributed by atoms with Crippen LogP contribution in [-0.2, 0) is 0 Å². The van der Waals surface area contributed by atoms with Crippen LogP contribution in [0.15, 0.2) is 47.1 Å². The van der Waals surface area contributed by atoms with Crippen molar-refractivity contribution < 1.29 is 9.21 Å². The van der Waals surface area contributed by atoms with E-state index in [2.05, 4.69) is 48.3 Å². The summed E-state index contributed by atoms with van der Waals surface area (Å²) >= 11 is 0. The van der Waals surface area contributed by atoms with Crippen molar-refractivity contribution in [3.8, 4) is 11.5 Å². The first kappa shape index (κ1) is 14.8. The van der Waals surface area contributed by atoms with Gasteiger partial charge in [-0.05, 0) is 31.0 Å². The van der Waals surface area contributed by atoms with Gasteiger partial charge in [-0.3, -0.25) is 9.89 Å². The van der Waals surface area contributed by atoms with Crippen LogP contribution in [0.4, 0.5) is 0 Å². The molecule has 0 saturated heterocycles. The topological polar surface area (TPSA) is 62.1 Å². The molecule has 0 radical (unpaired) electrons. The van der Waals surface area contributed by atoms with Crippen molar-refractivity contribution in [3.63, 3.8) is 0 Å². The minimum Gasteiger partial charge on any atom is -0.463 e. The molecule has 1 atom stereocenters. The van der Waals surface area contributed by atoms with Crippen molar-refractivity contribution in [2.75, 3.05) is 6.54 Å². The molecular formula is C19H19N3O2. The zero-order valence-electron chi connectivity index (χ0n) is 13.7. The predicted molar refractivity (Wildman–Crippen MR) is 90.6 cm³/mol. The van der Waals surface area contributed by atoms with Gasteiger partial charge in [0.05, 0.1) is 12.3 Å². The van der Waals surface area contributed by atoms with E-state index in [0.29, 0.717) is 18.0 Å². The highest BCUT2D eigenvalue weighted by molar-refractivity contribution is 5.99. The van der Waals surface area contributed by atoms with Crippen LogP contribution < -0.4 is 0 Å². The third-order valence-corrected chi connectivity index (χ3v) is 4.48. The van der Waals surface area contributed by atoms with Crippen LogP contribution >= 0.6 is 0 Å². The standard InChI is InChI=1S/C19H19N3O2/c1-3-10-22-18(13-8-6-12(2)7-9-13)15-16(14-5-4-11-24-14)20-21-17(15)19(22)23/h4-9,11,18H,3,10H2,1-2H3,(H,20,21)/t18-/m1/s1.